The van der Waals surface area contributed by atoms with E-state index in [1.807, 2.05) is 36.4 Å². The van der Waals surface area contributed by atoms with Crippen molar-refractivity contribution in [2.75, 3.05) is 25.7 Å². The van der Waals surface area contributed by atoms with Gasteiger partial charge in [-0.2, -0.15) is 5.01 Å². The number of halogens is 2. The number of imide groups is 1. The molecule has 3 atom stereocenters. The Balaban J connectivity index is 1.74. The molecular formula is C31H28Cl2N2O5. The molecule has 206 valence electrons. The maximum atomic E-state index is 14.8. The van der Waals surface area contributed by atoms with Gasteiger partial charge in [0.15, 0.2) is 0 Å². The highest BCUT2D eigenvalue weighted by Crippen LogP contribution is 2.59. The Labute approximate surface area is 242 Å². The van der Waals surface area contributed by atoms with Crippen LogP contribution in [0, 0.1) is 5.92 Å². The number of benzene rings is 3. The van der Waals surface area contributed by atoms with Gasteiger partial charge < -0.3 is 14.6 Å². The summed E-state index contributed by atoms with van der Waals surface area (Å²) >= 11 is 12.5. The number of allylic oxidation sites excluding steroid dienone is 3. The molecule has 0 aromatic heterocycles. The van der Waals surface area contributed by atoms with E-state index in [9.17, 15) is 14.7 Å². The number of ether oxygens (including phenoxy) is 2. The van der Waals surface area contributed by atoms with Gasteiger partial charge in [0, 0.05) is 16.5 Å². The summed E-state index contributed by atoms with van der Waals surface area (Å²) in [7, 11) is 1.57. The topological polar surface area (TPSA) is 88.1 Å². The molecular weight excluding hydrogens is 551 g/mol. The number of nitrogens with zero attached hydrogens (tertiary/aromatic N) is 1. The van der Waals surface area contributed by atoms with E-state index in [0.29, 0.717) is 39.8 Å². The molecule has 2 aliphatic rings. The molecule has 0 bridgehead atoms. The molecule has 0 saturated carbocycles. The maximum absolute atomic E-state index is 14.8. The molecule has 2 N–H and O–H groups in total. The predicted octanol–water partition coefficient (Wildman–Crippen LogP) is 5.92. The molecule has 1 aliphatic carbocycles. The minimum absolute atomic E-state index is 0.0749. The zero-order valence-electron chi connectivity index (χ0n) is 21.8. The fourth-order valence-corrected chi connectivity index (χ4v) is 6.28. The molecule has 3 aromatic carbocycles. The van der Waals surface area contributed by atoms with Crippen molar-refractivity contribution in [3.05, 3.63) is 112 Å². The quantitative estimate of drug-likeness (QED) is 0.306. The van der Waals surface area contributed by atoms with Crippen molar-refractivity contribution in [3.8, 4) is 11.5 Å². The van der Waals surface area contributed by atoms with Crippen LogP contribution in [0.25, 0.3) is 0 Å². The Morgan fingerprint density at radius 2 is 1.88 bits per heavy atom. The second-order valence-electron chi connectivity index (χ2n) is 9.55. The number of amides is 2. The number of aliphatic hydroxyl groups is 1. The van der Waals surface area contributed by atoms with Gasteiger partial charge in [0.2, 0.25) is 0 Å². The summed E-state index contributed by atoms with van der Waals surface area (Å²) in [5.74, 6) is -1.06. The highest BCUT2D eigenvalue weighted by molar-refractivity contribution is 6.36. The van der Waals surface area contributed by atoms with Crippen LogP contribution < -0.4 is 14.9 Å². The van der Waals surface area contributed by atoms with Crippen LogP contribution in [0.15, 0.2) is 91.0 Å². The summed E-state index contributed by atoms with van der Waals surface area (Å²) in [4.78, 5) is 28.9. The molecule has 3 aromatic rings. The molecule has 0 spiro atoms. The SMILES string of the molecule is C=CC1=CCC2C(=O)N(Nc3ccc(Cl)cc3Cl)C(=O)C2(c2ccc(OC)cc2)C1c1ccccc1OCCO. The van der Waals surface area contributed by atoms with Crippen LogP contribution in [0.3, 0.4) is 0 Å². The number of rotatable bonds is 9. The first-order valence-electron chi connectivity index (χ1n) is 12.8. The molecule has 1 fully saturated rings. The number of carbonyl (C=O) groups is 2. The fourth-order valence-electron chi connectivity index (χ4n) is 5.83. The Bertz CT molecular complexity index is 1490. The van der Waals surface area contributed by atoms with Crippen molar-refractivity contribution in [1.29, 1.82) is 0 Å². The average molecular weight is 579 g/mol. The van der Waals surface area contributed by atoms with Gasteiger partial charge in [0.25, 0.3) is 11.8 Å². The van der Waals surface area contributed by atoms with Crippen LogP contribution in [-0.2, 0) is 15.0 Å². The number of aliphatic hydroxyl groups excluding tert-OH is 1. The predicted molar refractivity (Wildman–Crippen MR) is 155 cm³/mol. The van der Waals surface area contributed by atoms with E-state index < -0.39 is 23.2 Å². The third-order valence-corrected chi connectivity index (χ3v) is 8.10. The molecule has 9 heteroatoms. The van der Waals surface area contributed by atoms with Crippen molar-refractivity contribution in [3.63, 3.8) is 0 Å². The number of para-hydroxylation sites is 1. The number of fused-ring (bicyclic) bond motifs is 1. The number of methoxy groups -OCH3 is 1. The van der Waals surface area contributed by atoms with Gasteiger partial charge >= 0.3 is 0 Å². The maximum Gasteiger partial charge on any atom is 0.260 e. The molecule has 5 rings (SSSR count). The van der Waals surface area contributed by atoms with Crippen LogP contribution in [0.2, 0.25) is 10.0 Å². The van der Waals surface area contributed by atoms with Crippen molar-refractivity contribution < 1.29 is 24.2 Å². The molecule has 1 heterocycles. The van der Waals surface area contributed by atoms with Gasteiger partial charge in [-0.1, -0.05) is 72.3 Å². The number of nitrogens with one attached hydrogen (secondary N) is 1. The van der Waals surface area contributed by atoms with Gasteiger partial charge in [-0.15, -0.1) is 0 Å². The first kappa shape index (κ1) is 27.8. The van der Waals surface area contributed by atoms with Crippen molar-refractivity contribution in [2.24, 2.45) is 5.92 Å². The molecule has 1 saturated heterocycles. The first-order valence-corrected chi connectivity index (χ1v) is 13.5. The van der Waals surface area contributed by atoms with Crippen LogP contribution in [0.4, 0.5) is 5.69 Å². The smallest absolute Gasteiger partial charge is 0.260 e. The second kappa shape index (κ2) is 11.4. The molecule has 1 aliphatic heterocycles. The lowest BCUT2D eigenvalue weighted by Crippen LogP contribution is -2.48. The van der Waals surface area contributed by atoms with E-state index >= 15 is 0 Å². The van der Waals surface area contributed by atoms with Crippen molar-refractivity contribution >= 4 is 40.7 Å². The van der Waals surface area contributed by atoms with E-state index in [4.69, 9.17) is 32.7 Å². The lowest BCUT2D eigenvalue weighted by Gasteiger charge is -2.43. The van der Waals surface area contributed by atoms with E-state index in [1.54, 1.807) is 43.5 Å². The summed E-state index contributed by atoms with van der Waals surface area (Å²) in [6, 6.07) is 19.4. The molecule has 0 radical (unpaired) electrons. The number of hydrazine groups is 1. The third kappa shape index (κ3) is 4.54. The Hall–Kier alpha value is -3.78. The fraction of sp³-hybridized carbons (Fsp3) is 0.226. The largest absolute Gasteiger partial charge is 0.497 e. The van der Waals surface area contributed by atoms with Crippen molar-refractivity contribution in [2.45, 2.75) is 17.8 Å². The highest BCUT2D eigenvalue weighted by Gasteiger charge is 2.66. The van der Waals surface area contributed by atoms with Crippen molar-refractivity contribution in [1.82, 2.24) is 5.01 Å². The molecule has 40 heavy (non-hydrogen) atoms. The lowest BCUT2D eigenvalue weighted by atomic mass is 9.56. The number of carbonyl (C=O) groups excluding carboxylic acids is 2. The van der Waals surface area contributed by atoms with Gasteiger partial charge in [-0.3, -0.25) is 15.0 Å². The van der Waals surface area contributed by atoms with Crippen LogP contribution in [-0.4, -0.2) is 42.3 Å². The Morgan fingerprint density at radius 1 is 1.12 bits per heavy atom. The van der Waals surface area contributed by atoms with Gasteiger partial charge in [0.1, 0.15) is 18.1 Å². The van der Waals surface area contributed by atoms with Crippen LogP contribution in [0.1, 0.15) is 23.5 Å². The number of hydrogen-bond acceptors (Lipinski definition) is 6. The standard InChI is InChI=1S/C31H28Cl2N2O5/c1-3-19-8-14-24-29(37)35(34-26-15-11-21(32)18-25(26)33)30(38)31(24,20-9-12-22(39-2)13-10-20)28(19)23-6-4-5-7-27(23)40-17-16-36/h3-13,15,18,24,28,34,36H,1,14,16-17H2,2H3. The van der Waals surface area contributed by atoms with Gasteiger partial charge in [-0.25, -0.2) is 0 Å². The third-order valence-electron chi connectivity index (χ3n) is 7.55. The normalized spacial score (nSPS) is 22.0. The summed E-state index contributed by atoms with van der Waals surface area (Å²) in [6.07, 6.45) is 4.00. The summed E-state index contributed by atoms with van der Waals surface area (Å²) in [5, 5.41) is 11.2. The first-order chi connectivity index (χ1) is 19.4. The van der Waals surface area contributed by atoms with Gasteiger partial charge in [-0.05, 0) is 54.0 Å². The minimum Gasteiger partial charge on any atom is -0.497 e. The van der Waals surface area contributed by atoms with E-state index in [2.05, 4.69) is 12.0 Å². The summed E-state index contributed by atoms with van der Waals surface area (Å²) < 4.78 is 11.3. The Morgan fingerprint density at radius 3 is 2.55 bits per heavy atom. The minimum atomic E-state index is -1.35. The number of anilines is 1. The molecule has 7 nitrogen and oxygen atoms in total. The van der Waals surface area contributed by atoms with E-state index in [-0.39, 0.29) is 24.1 Å². The zero-order valence-corrected chi connectivity index (χ0v) is 23.3. The monoisotopic (exact) mass is 578 g/mol. The number of hydrogen-bond donors (Lipinski definition) is 2. The summed E-state index contributed by atoms with van der Waals surface area (Å²) in [6.45, 7) is 3.95. The Kier molecular flexibility index (Phi) is 7.90. The van der Waals surface area contributed by atoms with E-state index in [0.717, 1.165) is 10.6 Å². The average Bonchev–Trinajstić information content (AvgIpc) is 3.19. The van der Waals surface area contributed by atoms with Crippen LogP contribution >= 0.6 is 23.2 Å². The molecule has 3 unspecified atom stereocenters. The molecule has 2 amide bonds. The second-order valence-corrected chi connectivity index (χ2v) is 10.4. The highest BCUT2D eigenvalue weighted by atomic mass is 35.5. The van der Waals surface area contributed by atoms with Gasteiger partial charge in [0.05, 0.1) is 35.8 Å². The summed E-state index contributed by atoms with van der Waals surface area (Å²) in [5.41, 5.74) is 4.13. The van der Waals surface area contributed by atoms with Crippen LogP contribution in [0.5, 0.6) is 11.5 Å². The lowest BCUT2D eigenvalue weighted by molar-refractivity contribution is -0.138. The van der Waals surface area contributed by atoms with E-state index in [1.165, 1.54) is 6.07 Å². The zero-order chi connectivity index (χ0) is 28.4.